The highest BCUT2D eigenvalue weighted by Gasteiger charge is 2.20. The highest BCUT2D eigenvalue weighted by atomic mass is 16.7. The second-order valence-corrected chi connectivity index (χ2v) is 7.06. The van der Waals surface area contributed by atoms with Crippen LogP contribution in [-0.4, -0.2) is 50.4 Å². The lowest BCUT2D eigenvalue weighted by Crippen LogP contribution is -2.47. The van der Waals surface area contributed by atoms with Crippen molar-refractivity contribution in [2.45, 2.75) is 39.3 Å². The van der Waals surface area contributed by atoms with Gasteiger partial charge in [0.05, 0.1) is 0 Å². The van der Waals surface area contributed by atoms with Gasteiger partial charge in [0.25, 0.3) is 0 Å². The molecule has 1 atom stereocenters. The lowest BCUT2D eigenvalue weighted by Gasteiger charge is -2.35. The number of rotatable bonds is 5. The molecule has 0 spiro atoms. The third-order valence-electron chi connectivity index (χ3n) is 5.13. The Hall–Kier alpha value is -1.95. The molecule has 1 fully saturated rings. The van der Waals surface area contributed by atoms with Crippen LogP contribution in [0.4, 0.5) is 0 Å². The van der Waals surface area contributed by atoms with Crippen LogP contribution in [0.1, 0.15) is 32.3 Å². The summed E-state index contributed by atoms with van der Waals surface area (Å²) in [6, 6.07) is 6.53. The number of hydrogen-bond donors (Lipinski definition) is 2. The molecule has 1 saturated heterocycles. The number of benzene rings is 1. The molecule has 25 heavy (non-hydrogen) atoms. The summed E-state index contributed by atoms with van der Waals surface area (Å²) in [4.78, 5) is 6.89. The predicted octanol–water partition coefficient (Wildman–Crippen LogP) is 2.20. The van der Waals surface area contributed by atoms with Crippen LogP contribution >= 0.6 is 0 Å². The van der Waals surface area contributed by atoms with Gasteiger partial charge in [-0.1, -0.05) is 13.0 Å². The molecule has 2 aliphatic heterocycles. The van der Waals surface area contributed by atoms with Crippen LogP contribution in [0.25, 0.3) is 0 Å². The van der Waals surface area contributed by atoms with Crippen molar-refractivity contribution in [3.8, 4) is 11.5 Å². The van der Waals surface area contributed by atoms with Gasteiger partial charge in [0.1, 0.15) is 0 Å². The molecule has 2 heterocycles. The van der Waals surface area contributed by atoms with Gasteiger partial charge in [-0.15, -0.1) is 0 Å². The molecule has 6 nitrogen and oxygen atoms in total. The minimum atomic E-state index is 0.308. The number of ether oxygens (including phenoxy) is 2. The zero-order chi connectivity index (χ0) is 17.6. The first-order valence-electron chi connectivity index (χ1n) is 9.23. The molecular weight excluding hydrogens is 316 g/mol. The molecule has 0 amide bonds. The molecule has 0 radical (unpaired) electrons. The number of piperidine rings is 1. The second-order valence-electron chi connectivity index (χ2n) is 7.06. The van der Waals surface area contributed by atoms with E-state index in [2.05, 4.69) is 34.4 Å². The molecule has 0 saturated carbocycles. The summed E-state index contributed by atoms with van der Waals surface area (Å²) >= 11 is 0. The SMILES string of the molecule is CN=C(NCc1ccc2c(c1)OCO2)NCC(C)N1CCC(C)CC1. The molecule has 0 aromatic heterocycles. The molecule has 0 aliphatic carbocycles. The fourth-order valence-electron chi connectivity index (χ4n) is 3.30. The minimum Gasteiger partial charge on any atom is -0.454 e. The highest BCUT2D eigenvalue weighted by molar-refractivity contribution is 5.79. The smallest absolute Gasteiger partial charge is 0.231 e. The number of nitrogens with zero attached hydrogens (tertiary/aromatic N) is 2. The molecule has 1 aromatic carbocycles. The zero-order valence-electron chi connectivity index (χ0n) is 15.5. The molecule has 1 unspecified atom stereocenters. The van der Waals surface area contributed by atoms with Crippen LogP contribution in [0.2, 0.25) is 0 Å². The van der Waals surface area contributed by atoms with Gasteiger partial charge in [-0.2, -0.15) is 0 Å². The van der Waals surface area contributed by atoms with E-state index in [0.717, 1.165) is 35.5 Å². The Morgan fingerprint density at radius 1 is 1.24 bits per heavy atom. The van der Waals surface area contributed by atoms with Crippen molar-refractivity contribution in [1.29, 1.82) is 0 Å². The summed E-state index contributed by atoms with van der Waals surface area (Å²) in [5.74, 6) is 3.33. The summed E-state index contributed by atoms with van der Waals surface area (Å²) in [5, 5.41) is 6.81. The van der Waals surface area contributed by atoms with Crippen LogP contribution in [0, 0.1) is 5.92 Å². The van der Waals surface area contributed by atoms with Crippen LogP contribution < -0.4 is 20.1 Å². The normalized spacial score (nSPS) is 19.7. The number of guanidine groups is 1. The summed E-state index contributed by atoms with van der Waals surface area (Å²) in [6.45, 7) is 8.94. The van der Waals surface area contributed by atoms with Crippen molar-refractivity contribution in [3.05, 3.63) is 23.8 Å². The van der Waals surface area contributed by atoms with E-state index in [4.69, 9.17) is 9.47 Å². The Balaban J connectivity index is 1.43. The van der Waals surface area contributed by atoms with E-state index in [1.807, 2.05) is 25.2 Å². The van der Waals surface area contributed by atoms with Crippen molar-refractivity contribution in [2.75, 3.05) is 33.5 Å². The molecule has 2 aliphatic rings. The number of aliphatic imine (C=N–C) groups is 1. The van der Waals surface area contributed by atoms with Crippen molar-refractivity contribution < 1.29 is 9.47 Å². The van der Waals surface area contributed by atoms with Crippen LogP contribution in [0.5, 0.6) is 11.5 Å². The lowest BCUT2D eigenvalue weighted by atomic mass is 9.98. The van der Waals surface area contributed by atoms with E-state index >= 15 is 0 Å². The van der Waals surface area contributed by atoms with E-state index in [1.54, 1.807) is 0 Å². The first-order valence-corrected chi connectivity index (χ1v) is 9.23. The maximum Gasteiger partial charge on any atom is 0.231 e. The fraction of sp³-hybridized carbons (Fsp3) is 0.632. The van der Waals surface area contributed by atoms with Crippen molar-refractivity contribution >= 4 is 5.96 Å². The Kier molecular flexibility index (Phi) is 6.02. The second kappa shape index (κ2) is 8.43. The van der Waals surface area contributed by atoms with E-state index < -0.39 is 0 Å². The minimum absolute atomic E-state index is 0.308. The van der Waals surface area contributed by atoms with Crippen molar-refractivity contribution in [2.24, 2.45) is 10.9 Å². The van der Waals surface area contributed by atoms with Gasteiger partial charge in [0, 0.05) is 26.2 Å². The predicted molar refractivity (Wildman–Crippen MR) is 100 cm³/mol. The first kappa shape index (κ1) is 17.9. The third kappa shape index (κ3) is 4.78. The maximum atomic E-state index is 5.42. The number of likely N-dealkylation sites (tertiary alicyclic amines) is 1. The van der Waals surface area contributed by atoms with Crippen molar-refractivity contribution in [3.63, 3.8) is 0 Å². The van der Waals surface area contributed by atoms with Gasteiger partial charge in [-0.05, 0) is 56.5 Å². The maximum absolute atomic E-state index is 5.42. The van der Waals surface area contributed by atoms with E-state index in [-0.39, 0.29) is 0 Å². The topological polar surface area (TPSA) is 58.1 Å². The van der Waals surface area contributed by atoms with Gasteiger partial charge in [0.2, 0.25) is 6.79 Å². The third-order valence-corrected chi connectivity index (χ3v) is 5.13. The largest absolute Gasteiger partial charge is 0.454 e. The number of nitrogens with one attached hydrogen (secondary N) is 2. The molecule has 138 valence electrons. The Labute approximate surface area is 150 Å². The Bertz CT molecular complexity index is 597. The van der Waals surface area contributed by atoms with E-state index in [9.17, 15) is 0 Å². The van der Waals surface area contributed by atoms with Gasteiger partial charge in [0.15, 0.2) is 17.5 Å². The van der Waals surface area contributed by atoms with Gasteiger partial charge >= 0.3 is 0 Å². The summed E-state index contributed by atoms with van der Waals surface area (Å²) in [6.07, 6.45) is 2.61. The average Bonchev–Trinajstić information content (AvgIpc) is 3.10. The Morgan fingerprint density at radius 3 is 2.76 bits per heavy atom. The van der Waals surface area contributed by atoms with Gasteiger partial charge in [-0.3, -0.25) is 9.89 Å². The van der Waals surface area contributed by atoms with Gasteiger partial charge < -0.3 is 20.1 Å². The lowest BCUT2D eigenvalue weighted by molar-refractivity contribution is 0.147. The molecule has 6 heteroatoms. The van der Waals surface area contributed by atoms with Crippen LogP contribution in [0.3, 0.4) is 0 Å². The summed E-state index contributed by atoms with van der Waals surface area (Å²) < 4.78 is 10.8. The van der Waals surface area contributed by atoms with Crippen molar-refractivity contribution in [1.82, 2.24) is 15.5 Å². The number of fused-ring (bicyclic) bond motifs is 1. The monoisotopic (exact) mass is 346 g/mol. The highest BCUT2D eigenvalue weighted by Crippen LogP contribution is 2.32. The molecule has 2 N–H and O–H groups in total. The van der Waals surface area contributed by atoms with E-state index in [1.165, 1.54) is 25.9 Å². The van der Waals surface area contributed by atoms with Crippen LogP contribution in [-0.2, 0) is 6.54 Å². The Morgan fingerprint density at radius 2 is 2.00 bits per heavy atom. The zero-order valence-corrected chi connectivity index (χ0v) is 15.5. The average molecular weight is 346 g/mol. The number of hydrogen-bond acceptors (Lipinski definition) is 4. The standard InChI is InChI=1S/C19H30N4O2/c1-14-6-8-23(9-7-14)15(2)11-21-19(20-3)22-12-16-4-5-17-18(10-16)25-13-24-17/h4-5,10,14-15H,6-9,11-13H2,1-3H3,(H2,20,21,22). The molecule has 3 rings (SSSR count). The summed E-state index contributed by atoms with van der Waals surface area (Å²) in [5.41, 5.74) is 1.14. The summed E-state index contributed by atoms with van der Waals surface area (Å²) in [7, 11) is 1.81. The molecule has 0 bridgehead atoms. The first-order chi connectivity index (χ1) is 12.2. The quantitative estimate of drug-likeness (QED) is 0.632. The fourth-order valence-corrected chi connectivity index (χ4v) is 3.30. The van der Waals surface area contributed by atoms with E-state index in [0.29, 0.717) is 19.4 Å². The molecular formula is C19H30N4O2. The van der Waals surface area contributed by atoms with Crippen LogP contribution in [0.15, 0.2) is 23.2 Å². The van der Waals surface area contributed by atoms with Gasteiger partial charge in [-0.25, -0.2) is 0 Å². The molecule has 1 aromatic rings.